The first kappa shape index (κ1) is 10.4. The molecule has 0 bridgehead atoms. The average Bonchev–Trinajstić information content (AvgIpc) is 2.13. The van der Waals surface area contributed by atoms with Gasteiger partial charge in [0, 0.05) is 5.88 Å². The molecule has 0 radical (unpaired) electrons. The molecule has 0 aliphatic heterocycles. The number of halogens is 1. The molecule has 72 valence electrons. The highest BCUT2D eigenvalue weighted by molar-refractivity contribution is 6.17. The molecule has 0 heterocycles. The smallest absolute Gasteiger partial charge is 0.122 e. The predicted octanol–water partition coefficient (Wildman–Crippen LogP) is 3.31. The van der Waals surface area contributed by atoms with Crippen LogP contribution in [0.3, 0.4) is 0 Å². The van der Waals surface area contributed by atoms with Gasteiger partial charge in [0.15, 0.2) is 0 Å². The Morgan fingerprint density at radius 2 is 2.08 bits per heavy atom. The Morgan fingerprint density at radius 1 is 1.31 bits per heavy atom. The molecule has 0 atom stereocenters. The lowest BCUT2D eigenvalue weighted by molar-refractivity contribution is 0.316. The summed E-state index contributed by atoms with van der Waals surface area (Å²) in [6.07, 6.45) is 0.898. The molecule has 13 heavy (non-hydrogen) atoms. The maximum absolute atomic E-state index is 5.57. The van der Waals surface area contributed by atoms with Crippen molar-refractivity contribution in [2.75, 3.05) is 12.5 Å². The van der Waals surface area contributed by atoms with Gasteiger partial charge in [-0.1, -0.05) is 12.1 Å². The fraction of sp³-hybridized carbons (Fsp3) is 0.455. The molecule has 0 unspecified atom stereocenters. The summed E-state index contributed by atoms with van der Waals surface area (Å²) >= 11 is 5.56. The molecule has 1 nitrogen and oxygen atoms in total. The van der Waals surface area contributed by atoms with E-state index in [1.165, 1.54) is 11.1 Å². The summed E-state index contributed by atoms with van der Waals surface area (Å²) in [4.78, 5) is 0. The number of hydrogen-bond acceptors (Lipinski definition) is 1. The highest BCUT2D eigenvalue weighted by atomic mass is 35.5. The molecular weight excluding hydrogens is 184 g/mol. The summed E-state index contributed by atoms with van der Waals surface area (Å²) in [5.41, 5.74) is 2.49. The molecule has 2 heteroatoms. The molecule has 0 spiro atoms. The Hall–Kier alpha value is -0.690. The lowest BCUT2D eigenvalue weighted by atomic mass is 10.1. The van der Waals surface area contributed by atoms with Crippen LogP contribution in [0.15, 0.2) is 18.2 Å². The monoisotopic (exact) mass is 198 g/mol. The van der Waals surface area contributed by atoms with Crippen molar-refractivity contribution in [3.8, 4) is 5.75 Å². The van der Waals surface area contributed by atoms with E-state index in [4.69, 9.17) is 16.3 Å². The Kier molecular flexibility index (Phi) is 4.10. The van der Waals surface area contributed by atoms with Crippen molar-refractivity contribution < 1.29 is 4.74 Å². The van der Waals surface area contributed by atoms with E-state index >= 15 is 0 Å². The first-order valence-electron chi connectivity index (χ1n) is 4.50. The van der Waals surface area contributed by atoms with E-state index in [1.54, 1.807) is 0 Å². The van der Waals surface area contributed by atoms with Crippen LogP contribution in [0.25, 0.3) is 0 Å². The van der Waals surface area contributed by atoms with Crippen LogP contribution in [-0.4, -0.2) is 12.5 Å². The van der Waals surface area contributed by atoms with Gasteiger partial charge in [0.1, 0.15) is 5.75 Å². The Morgan fingerprint density at radius 3 is 2.77 bits per heavy atom. The van der Waals surface area contributed by atoms with Gasteiger partial charge in [-0.2, -0.15) is 0 Å². The molecule has 0 N–H and O–H groups in total. The van der Waals surface area contributed by atoms with Gasteiger partial charge >= 0.3 is 0 Å². The Bertz CT molecular complexity index is 271. The number of rotatable bonds is 4. The van der Waals surface area contributed by atoms with Gasteiger partial charge in [-0.25, -0.2) is 0 Å². The van der Waals surface area contributed by atoms with Crippen LogP contribution in [-0.2, 0) is 0 Å². The van der Waals surface area contributed by atoms with Gasteiger partial charge in [-0.3, -0.25) is 0 Å². The van der Waals surface area contributed by atoms with E-state index in [0.29, 0.717) is 12.5 Å². The standard InChI is InChI=1S/C11H15ClO/c1-9-5-3-6-11(10(9)2)13-8-4-7-12/h3,5-6H,4,7-8H2,1-2H3. The third-order valence-electron chi connectivity index (χ3n) is 2.09. The molecule has 0 aromatic heterocycles. The normalized spacial score (nSPS) is 10.1. The maximum atomic E-state index is 5.57. The van der Waals surface area contributed by atoms with Gasteiger partial charge in [0.2, 0.25) is 0 Å². The van der Waals surface area contributed by atoms with Crippen LogP contribution >= 0.6 is 11.6 Å². The molecule has 0 saturated heterocycles. The topological polar surface area (TPSA) is 9.23 Å². The second kappa shape index (κ2) is 5.13. The molecule has 0 aliphatic rings. The summed E-state index contributed by atoms with van der Waals surface area (Å²) in [6.45, 7) is 4.86. The first-order valence-corrected chi connectivity index (χ1v) is 5.04. The Labute approximate surface area is 84.7 Å². The van der Waals surface area contributed by atoms with E-state index in [1.807, 2.05) is 12.1 Å². The van der Waals surface area contributed by atoms with Crippen molar-refractivity contribution in [1.82, 2.24) is 0 Å². The lowest BCUT2D eigenvalue weighted by Crippen LogP contribution is -1.99. The second-order valence-corrected chi connectivity index (χ2v) is 3.47. The van der Waals surface area contributed by atoms with Crippen molar-refractivity contribution in [3.63, 3.8) is 0 Å². The van der Waals surface area contributed by atoms with Gasteiger partial charge in [0.25, 0.3) is 0 Å². The highest BCUT2D eigenvalue weighted by Crippen LogP contribution is 2.20. The predicted molar refractivity (Wildman–Crippen MR) is 56.7 cm³/mol. The van der Waals surface area contributed by atoms with Crippen LogP contribution in [0.1, 0.15) is 17.5 Å². The van der Waals surface area contributed by atoms with Crippen LogP contribution in [0, 0.1) is 13.8 Å². The van der Waals surface area contributed by atoms with Crippen molar-refractivity contribution in [2.45, 2.75) is 20.3 Å². The lowest BCUT2D eigenvalue weighted by Gasteiger charge is -2.09. The number of hydrogen-bond donors (Lipinski definition) is 0. The highest BCUT2D eigenvalue weighted by Gasteiger charge is 2.00. The maximum Gasteiger partial charge on any atom is 0.122 e. The summed E-state index contributed by atoms with van der Waals surface area (Å²) < 4.78 is 5.57. The van der Waals surface area contributed by atoms with E-state index in [0.717, 1.165) is 12.2 Å². The number of ether oxygens (including phenoxy) is 1. The molecule has 0 fully saturated rings. The largest absolute Gasteiger partial charge is 0.493 e. The van der Waals surface area contributed by atoms with Crippen molar-refractivity contribution in [3.05, 3.63) is 29.3 Å². The molecule has 0 amide bonds. The Balaban J connectivity index is 2.61. The first-order chi connectivity index (χ1) is 6.25. The molecule has 1 rings (SSSR count). The summed E-state index contributed by atoms with van der Waals surface area (Å²) in [5, 5.41) is 0. The summed E-state index contributed by atoms with van der Waals surface area (Å²) in [7, 11) is 0. The number of aryl methyl sites for hydroxylation is 1. The fourth-order valence-corrected chi connectivity index (χ4v) is 1.23. The van der Waals surface area contributed by atoms with Crippen molar-refractivity contribution in [2.24, 2.45) is 0 Å². The molecule has 0 saturated carbocycles. The molecular formula is C11H15ClO. The van der Waals surface area contributed by atoms with Crippen LogP contribution < -0.4 is 4.74 Å². The van der Waals surface area contributed by atoms with Gasteiger partial charge < -0.3 is 4.74 Å². The fourth-order valence-electron chi connectivity index (χ4n) is 1.12. The number of benzene rings is 1. The number of alkyl halides is 1. The van der Waals surface area contributed by atoms with E-state index in [9.17, 15) is 0 Å². The minimum absolute atomic E-state index is 0.658. The average molecular weight is 199 g/mol. The van der Waals surface area contributed by atoms with Crippen LogP contribution in [0.4, 0.5) is 0 Å². The minimum Gasteiger partial charge on any atom is -0.493 e. The SMILES string of the molecule is Cc1cccc(OCCCCl)c1C. The van der Waals surface area contributed by atoms with Gasteiger partial charge in [-0.15, -0.1) is 11.6 Å². The van der Waals surface area contributed by atoms with Crippen molar-refractivity contribution >= 4 is 11.6 Å². The molecule has 0 aliphatic carbocycles. The van der Waals surface area contributed by atoms with Crippen LogP contribution in [0.5, 0.6) is 5.75 Å². The summed E-state index contributed by atoms with van der Waals surface area (Å²) in [5.74, 6) is 1.63. The molecule has 1 aromatic carbocycles. The van der Waals surface area contributed by atoms with Gasteiger partial charge in [-0.05, 0) is 37.5 Å². The zero-order chi connectivity index (χ0) is 9.68. The second-order valence-electron chi connectivity index (χ2n) is 3.09. The van der Waals surface area contributed by atoms with E-state index < -0.39 is 0 Å². The quantitative estimate of drug-likeness (QED) is 0.533. The summed E-state index contributed by atoms with van der Waals surface area (Å²) in [6, 6.07) is 6.10. The van der Waals surface area contributed by atoms with Gasteiger partial charge in [0.05, 0.1) is 6.61 Å². The molecule has 1 aromatic rings. The zero-order valence-electron chi connectivity index (χ0n) is 8.14. The van der Waals surface area contributed by atoms with Crippen molar-refractivity contribution in [1.29, 1.82) is 0 Å². The van der Waals surface area contributed by atoms with E-state index in [2.05, 4.69) is 19.9 Å². The van der Waals surface area contributed by atoms with E-state index in [-0.39, 0.29) is 0 Å². The minimum atomic E-state index is 0.658. The van der Waals surface area contributed by atoms with Crippen LogP contribution in [0.2, 0.25) is 0 Å². The third-order valence-corrected chi connectivity index (χ3v) is 2.36. The third kappa shape index (κ3) is 2.92. The zero-order valence-corrected chi connectivity index (χ0v) is 8.90.